The molecule has 6 atom stereocenters. The molecule has 4 rings (SSSR count). The van der Waals surface area contributed by atoms with E-state index in [0.29, 0.717) is 30.1 Å². The summed E-state index contributed by atoms with van der Waals surface area (Å²) in [6, 6.07) is 3.73. The van der Waals surface area contributed by atoms with E-state index in [4.69, 9.17) is 4.74 Å². The number of benzene rings is 1. The van der Waals surface area contributed by atoms with Crippen molar-refractivity contribution in [1.82, 2.24) is 5.32 Å². The molecule has 2 saturated carbocycles. The highest BCUT2D eigenvalue weighted by atomic mass is 16.5. The molecule has 0 aromatic heterocycles. The van der Waals surface area contributed by atoms with Crippen LogP contribution in [0.1, 0.15) is 82.4 Å². The van der Waals surface area contributed by atoms with Crippen LogP contribution in [0.15, 0.2) is 12.1 Å². The third kappa shape index (κ3) is 3.08. The number of hydrogen-bond donors (Lipinski definition) is 3. The lowest BCUT2D eigenvalue weighted by molar-refractivity contribution is -0.119. The van der Waals surface area contributed by atoms with Crippen LogP contribution in [0.3, 0.4) is 0 Å². The quantitative estimate of drug-likeness (QED) is 0.732. The summed E-state index contributed by atoms with van der Waals surface area (Å²) in [7, 11) is 0. The number of aliphatic hydroxyl groups is 1. The largest absolute Gasteiger partial charge is 0.504 e. The van der Waals surface area contributed by atoms with E-state index in [1.807, 2.05) is 13.0 Å². The molecule has 5 heteroatoms. The van der Waals surface area contributed by atoms with Gasteiger partial charge >= 0.3 is 0 Å². The second-order valence-electron chi connectivity index (χ2n) is 9.23. The van der Waals surface area contributed by atoms with Gasteiger partial charge in [-0.1, -0.05) is 6.92 Å². The van der Waals surface area contributed by atoms with Gasteiger partial charge < -0.3 is 20.3 Å². The first-order valence-electron chi connectivity index (χ1n) is 10.8. The molecule has 0 radical (unpaired) electrons. The number of nitrogens with one attached hydrogen (secondary N) is 1. The average Bonchev–Trinajstić information content (AvgIpc) is 2.87. The van der Waals surface area contributed by atoms with Crippen LogP contribution >= 0.6 is 0 Å². The van der Waals surface area contributed by atoms with Crippen molar-refractivity contribution in [3.05, 3.63) is 23.3 Å². The van der Waals surface area contributed by atoms with Gasteiger partial charge in [-0.15, -0.1) is 0 Å². The monoisotopic (exact) mass is 387 g/mol. The number of ether oxygens (including phenoxy) is 1. The van der Waals surface area contributed by atoms with Crippen molar-refractivity contribution in [3.63, 3.8) is 0 Å². The lowest BCUT2D eigenvalue weighted by Gasteiger charge is -2.47. The van der Waals surface area contributed by atoms with Crippen LogP contribution in [0, 0.1) is 17.3 Å². The number of phenolic OH excluding ortho intramolecular Hbond substituents is 1. The second kappa shape index (κ2) is 7.25. The minimum atomic E-state index is -0.203. The molecule has 28 heavy (non-hydrogen) atoms. The molecule has 1 aromatic rings. The van der Waals surface area contributed by atoms with Gasteiger partial charge in [0.1, 0.15) is 0 Å². The molecule has 3 unspecified atom stereocenters. The molecule has 0 saturated heterocycles. The predicted octanol–water partition coefficient (Wildman–Crippen LogP) is 4.03. The number of amides is 1. The van der Waals surface area contributed by atoms with E-state index in [-0.39, 0.29) is 29.2 Å². The Morgan fingerprint density at radius 1 is 1.21 bits per heavy atom. The van der Waals surface area contributed by atoms with Crippen LogP contribution in [0.5, 0.6) is 11.5 Å². The van der Waals surface area contributed by atoms with E-state index < -0.39 is 0 Å². The van der Waals surface area contributed by atoms with Crippen molar-refractivity contribution in [2.75, 3.05) is 6.61 Å². The molecule has 0 bridgehead atoms. The number of phenols is 1. The summed E-state index contributed by atoms with van der Waals surface area (Å²) in [4.78, 5) is 11.8. The van der Waals surface area contributed by atoms with Crippen LogP contribution in [0.2, 0.25) is 0 Å². The molecule has 0 spiro atoms. The van der Waals surface area contributed by atoms with Gasteiger partial charge in [0.2, 0.25) is 5.91 Å². The summed E-state index contributed by atoms with van der Waals surface area (Å²) >= 11 is 0. The van der Waals surface area contributed by atoms with Crippen molar-refractivity contribution >= 4 is 5.91 Å². The van der Waals surface area contributed by atoms with E-state index in [1.165, 1.54) is 5.56 Å². The summed E-state index contributed by atoms with van der Waals surface area (Å²) < 4.78 is 5.69. The molecule has 154 valence electrons. The van der Waals surface area contributed by atoms with Gasteiger partial charge in [-0.3, -0.25) is 4.79 Å². The first-order valence-corrected chi connectivity index (χ1v) is 10.8. The lowest BCUT2D eigenvalue weighted by Crippen LogP contribution is -2.42. The highest BCUT2D eigenvalue weighted by molar-refractivity contribution is 5.73. The summed E-state index contributed by atoms with van der Waals surface area (Å²) in [5.41, 5.74) is 2.26. The van der Waals surface area contributed by atoms with E-state index in [9.17, 15) is 15.0 Å². The number of hydrogen-bond acceptors (Lipinski definition) is 4. The van der Waals surface area contributed by atoms with E-state index in [0.717, 1.165) is 44.1 Å². The minimum absolute atomic E-state index is 0.00877. The molecule has 3 N–H and O–H groups in total. The maximum atomic E-state index is 11.8. The fourth-order valence-electron chi connectivity index (χ4n) is 6.45. The fourth-order valence-corrected chi connectivity index (χ4v) is 6.45. The maximum absolute atomic E-state index is 11.8. The molecule has 0 aliphatic heterocycles. The number of fused-ring (bicyclic) bond motifs is 5. The number of aromatic hydroxyl groups is 1. The molecule has 5 nitrogen and oxygen atoms in total. The van der Waals surface area contributed by atoms with E-state index in [2.05, 4.69) is 12.2 Å². The standard InChI is InChI=1S/C23H33NO4/c1-4-28-21-12-16-14-9-10-23(3)18(6-8-22(23)27)15(14)5-7-19(24-13(2)25)17(16)11-20(21)26/h11-12,14-15,18-19,22,26-27H,4-10H2,1-3H3,(H,24,25)/t14?,15?,18?,19-,22-,23-/m0/s1. The number of aliphatic hydroxyl groups excluding tert-OH is 1. The average molecular weight is 388 g/mol. The third-order valence-electron chi connectivity index (χ3n) is 7.79. The molecule has 3 aliphatic rings. The highest BCUT2D eigenvalue weighted by Crippen LogP contribution is 2.61. The number of carbonyl (C=O) groups is 1. The van der Waals surface area contributed by atoms with Crippen molar-refractivity contribution < 1.29 is 19.7 Å². The summed E-state index contributed by atoms with van der Waals surface area (Å²) in [5, 5.41) is 24.2. The molecule has 1 aromatic carbocycles. The molecule has 3 aliphatic carbocycles. The molecular weight excluding hydrogens is 354 g/mol. The highest BCUT2D eigenvalue weighted by Gasteiger charge is 2.54. The van der Waals surface area contributed by atoms with Crippen molar-refractivity contribution in [3.8, 4) is 11.5 Å². The van der Waals surface area contributed by atoms with Gasteiger partial charge in [0.15, 0.2) is 11.5 Å². The van der Waals surface area contributed by atoms with Crippen molar-refractivity contribution in [1.29, 1.82) is 0 Å². The number of rotatable bonds is 3. The molecule has 2 fully saturated rings. The van der Waals surface area contributed by atoms with Gasteiger partial charge in [-0.25, -0.2) is 0 Å². The summed E-state index contributed by atoms with van der Waals surface area (Å²) in [6.45, 7) is 6.24. The first kappa shape index (κ1) is 19.6. The van der Waals surface area contributed by atoms with Gasteiger partial charge in [0.05, 0.1) is 18.8 Å². The zero-order chi connectivity index (χ0) is 20.1. The van der Waals surface area contributed by atoms with Gasteiger partial charge in [-0.2, -0.15) is 0 Å². The van der Waals surface area contributed by atoms with Crippen LogP contribution in [-0.4, -0.2) is 28.8 Å². The Morgan fingerprint density at radius 3 is 2.71 bits per heavy atom. The maximum Gasteiger partial charge on any atom is 0.217 e. The topological polar surface area (TPSA) is 78.8 Å². The van der Waals surface area contributed by atoms with Crippen molar-refractivity contribution in [2.45, 2.75) is 77.4 Å². The van der Waals surface area contributed by atoms with Crippen molar-refractivity contribution in [2.24, 2.45) is 17.3 Å². The normalized spacial score (nSPS) is 36.6. The Hall–Kier alpha value is -1.75. The Bertz CT molecular complexity index is 763. The van der Waals surface area contributed by atoms with Crippen LogP contribution in [0.25, 0.3) is 0 Å². The van der Waals surface area contributed by atoms with Gasteiger partial charge in [0.25, 0.3) is 0 Å². The van der Waals surface area contributed by atoms with E-state index >= 15 is 0 Å². The van der Waals surface area contributed by atoms with E-state index in [1.54, 1.807) is 13.0 Å². The Labute approximate surface area is 167 Å². The van der Waals surface area contributed by atoms with Crippen LogP contribution in [-0.2, 0) is 4.79 Å². The van der Waals surface area contributed by atoms with Crippen LogP contribution < -0.4 is 10.1 Å². The zero-order valence-electron chi connectivity index (χ0n) is 17.2. The summed E-state index contributed by atoms with van der Waals surface area (Å²) in [5.74, 6) is 2.02. The molecule has 0 heterocycles. The Kier molecular flexibility index (Phi) is 5.07. The predicted molar refractivity (Wildman–Crippen MR) is 107 cm³/mol. The SMILES string of the molecule is CCOc1cc2c(cc1O)[C@@H](NC(C)=O)CCC1C2CC[C@@]2(C)C1CC[C@@H]2O. The minimum Gasteiger partial charge on any atom is -0.504 e. The number of carbonyl (C=O) groups excluding carboxylic acids is 1. The Balaban J connectivity index is 1.78. The smallest absolute Gasteiger partial charge is 0.217 e. The first-order chi connectivity index (χ1) is 13.3. The molecule has 1 amide bonds. The van der Waals surface area contributed by atoms with Gasteiger partial charge in [-0.05, 0) is 91.9 Å². The fraction of sp³-hybridized carbons (Fsp3) is 0.696. The third-order valence-corrected chi connectivity index (χ3v) is 7.79. The van der Waals surface area contributed by atoms with Gasteiger partial charge in [0, 0.05) is 6.92 Å². The Morgan fingerprint density at radius 2 is 2.00 bits per heavy atom. The second-order valence-corrected chi connectivity index (χ2v) is 9.23. The summed E-state index contributed by atoms with van der Waals surface area (Å²) in [6.07, 6.45) is 5.72. The zero-order valence-corrected chi connectivity index (χ0v) is 17.2. The lowest BCUT2D eigenvalue weighted by atomic mass is 9.58. The molecular formula is C23H33NO4. The van der Waals surface area contributed by atoms with Crippen LogP contribution in [0.4, 0.5) is 0 Å².